The van der Waals surface area contributed by atoms with Gasteiger partial charge >= 0.3 is 11.9 Å². The number of aliphatic hydroxyl groups is 1. The Morgan fingerprint density at radius 1 is 1.30 bits per heavy atom. The van der Waals surface area contributed by atoms with Crippen LogP contribution in [0.5, 0.6) is 0 Å². The molecule has 4 aliphatic carbocycles. The van der Waals surface area contributed by atoms with Crippen molar-refractivity contribution >= 4 is 5.97 Å². The third kappa shape index (κ3) is 2.34. The fourth-order valence-corrected chi connectivity index (χ4v) is 5.59. The molecule has 5 heteroatoms. The number of halogens is 2. The molecular formula is C15H22F2O3. The van der Waals surface area contributed by atoms with E-state index in [1.807, 2.05) is 0 Å². The number of carbonyl (C=O) groups excluding carboxylic acids is 1. The third-order valence-electron chi connectivity index (χ3n) is 5.30. The maximum absolute atomic E-state index is 12.9. The van der Waals surface area contributed by atoms with Gasteiger partial charge in [-0.05, 0) is 49.9 Å². The quantitative estimate of drug-likeness (QED) is 0.812. The molecule has 20 heavy (non-hydrogen) atoms. The topological polar surface area (TPSA) is 46.5 Å². The van der Waals surface area contributed by atoms with Crippen LogP contribution in [-0.4, -0.2) is 29.2 Å². The monoisotopic (exact) mass is 288 g/mol. The summed E-state index contributed by atoms with van der Waals surface area (Å²) in [5.74, 6) is -4.46. The molecule has 0 radical (unpaired) electrons. The van der Waals surface area contributed by atoms with Gasteiger partial charge < -0.3 is 9.84 Å². The number of esters is 1. The second-order valence-corrected chi connectivity index (χ2v) is 8.01. The molecular weight excluding hydrogens is 266 g/mol. The molecule has 4 aliphatic rings. The Bertz CT molecular complexity index is 425. The summed E-state index contributed by atoms with van der Waals surface area (Å²) in [5.41, 5.74) is -0.922. The first-order valence-electron chi connectivity index (χ1n) is 7.31. The zero-order valence-corrected chi connectivity index (χ0v) is 12.0. The van der Waals surface area contributed by atoms with Gasteiger partial charge in [0.05, 0.1) is 12.2 Å². The van der Waals surface area contributed by atoms with Crippen molar-refractivity contribution < 1.29 is 23.4 Å². The Labute approximate surface area is 117 Å². The number of hydrogen-bond donors (Lipinski definition) is 1. The lowest BCUT2D eigenvalue weighted by molar-refractivity contribution is -0.215. The predicted octanol–water partition coefficient (Wildman–Crippen LogP) is 2.91. The predicted molar refractivity (Wildman–Crippen MR) is 68.3 cm³/mol. The fourth-order valence-electron chi connectivity index (χ4n) is 5.59. The van der Waals surface area contributed by atoms with Crippen molar-refractivity contribution in [3.63, 3.8) is 0 Å². The second kappa shape index (κ2) is 3.93. The molecule has 0 spiro atoms. The van der Waals surface area contributed by atoms with E-state index in [1.165, 1.54) is 0 Å². The highest BCUT2D eigenvalue weighted by Gasteiger charge is 2.61. The van der Waals surface area contributed by atoms with Crippen LogP contribution in [0.15, 0.2) is 0 Å². The molecule has 1 N–H and O–H groups in total. The van der Waals surface area contributed by atoms with E-state index in [0.29, 0.717) is 19.3 Å². The molecule has 4 rings (SSSR count). The molecule has 4 saturated carbocycles. The summed E-state index contributed by atoms with van der Waals surface area (Å²) < 4.78 is 30.7. The number of alkyl halides is 2. The van der Waals surface area contributed by atoms with Gasteiger partial charge in [0.15, 0.2) is 0 Å². The summed E-state index contributed by atoms with van der Waals surface area (Å²) in [7, 11) is 0. The molecule has 0 amide bonds. The molecule has 4 fully saturated rings. The number of hydrogen-bond acceptors (Lipinski definition) is 3. The van der Waals surface area contributed by atoms with Crippen LogP contribution in [-0.2, 0) is 9.53 Å². The van der Waals surface area contributed by atoms with Crippen molar-refractivity contribution in [3.05, 3.63) is 0 Å². The van der Waals surface area contributed by atoms with Crippen molar-refractivity contribution in [2.45, 2.75) is 63.9 Å². The number of rotatable bonds is 3. The van der Waals surface area contributed by atoms with E-state index in [9.17, 15) is 18.7 Å². The minimum Gasteiger partial charge on any atom is -0.461 e. The van der Waals surface area contributed by atoms with Crippen molar-refractivity contribution in [2.75, 3.05) is 6.61 Å². The molecule has 0 saturated heterocycles. The highest BCUT2D eigenvalue weighted by molar-refractivity contribution is 5.76. The first-order chi connectivity index (χ1) is 9.03. The van der Waals surface area contributed by atoms with Crippen LogP contribution in [0.1, 0.15) is 52.4 Å². The smallest absolute Gasteiger partial charge is 0.376 e. The molecule has 4 bridgehead atoms. The molecule has 0 heterocycles. The lowest BCUT2D eigenvalue weighted by Crippen LogP contribution is -2.60. The standard InChI is InChI=1S/C15H22F2O3/c1-12-3-10-4-14(6-12,8-15(19,5-10)7-12)9-20-11(18)13(2,16)17/h10,19H,3-9H2,1-2H3. The van der Waals surface area contributed by atoms with Crippen LogP contribution in [0.2, 0.25) is 0 Å². The Morgan fingerprint density at radius 3 is 2.55 bits per heavy atom. The zero-order valence-electron chi connectivity index (χ0n) is 12.0. The van der Waals surface area contributed by atoms with Gasteiger partial charge in [-0.15, -0.1) is 0 Å². The molecule has 3 nitrogen and oxygen atoms in total. The normalized spacial score (nSPS) is 46.5. The summed E-state index contributed by atoms with van der Waals surface area (Å²) >= 11 is 0. The van der Waals surface area contributed by atoms with Gasteiger partial charge in [-0.1, -0.05) is 6.92 Å². The Morgan fingerprint density at radius 2 is 2.00 bits per heavy atom. The third-order valence-corrected chi connectivity index (χ3v) is 5.30. The maximum Gasteiger partial charge on any atom is 0.376 e. The van der Waals surface area contributed by atoms with Gasteiger partial charge in [0.1, 0.15) is 0 Å². The van der Waals surface area contributed by atoms with Gasteiger partial charge in [-0.3, -0.25) is 0 Å². The molecule has 0 aromatic rings. The summed E-state index contributed by atoms with van der Waals surface area (Å²) in [6.45, 7) is 2.74. The first-order valence-corrected chi connectivity index (χ1v) is 7.31. The Balaban J connectivity index is 1.75. The van der Waals surface area contributed by atoms with Crippen LogP contribution < -0.4 is 0 Å². The summed E-state index contributed by atoms with van der Waals surface area (Å²) in [6.07, 6.45) is 5.01. The van der Waals surface area contributed by atoms with Crippen LogP contribution in [0.25, 0.3) is 0 Å². The molecule has 114 valence electrons. The van der Waals surface area contributed by atoms with Gasteiger partial charge in [0.25, 0.3) is 0 Å². The van der Waals surface area contributed by atoms with Gasteiger partial charge in [0.2, 0.25) is 0 Å². The van der Waals surface area contributed by atoms with E-state index in [1.54, 1.807) is 0 Å². The van der Waals surface area contributed by atoms with Crippen LogP contribution >= 0.6 is 0 Å². The van der Waals surface area contributed by atoms with Crippen molar-refractivity contribution in [3.8, 4) is 0 Å². The minimum absolute atomic E-state index is 0.0175. The van der Waals surface area contributed by atoms with Gasteiger partial charge in [0, 0.05) is 12.3 Å². The van der Waals surface area contributed by atoms with Crippen LogP contribution in [0.4, 0.5) is 8.78 Å². The van der Waals surface area contributed by atoms with E-state index in [2.05, 4.69) is 6.92 Å². The lowest BCUT2D eigenvalue weighted by atomic mass is 9.43. The van der Waals surface area contributed by atoms with Crippen LogP contribution in [0.3, 0.4) is 0 Å². The van der Waals surface area contributed by atoms with E-state index >= 15 is 0 Å². The average Bonchev–Trinajstić information content (AvgIpc) is 2.19. The summed E-state index contributed by atoms with van der Waals surface area (Å²) in [5, 5.41) is 10.7. The first kappa shape index (κ1) is 14.2. The highest BCUT2D eigenvalue weighted by Crippen LogP contribution is 2.66. The van der Waals surface area contributed by atoms with Gasteiger partial charge in [-0.2, -0.15) is 8.78 Å². The van der Waals surface area contributed by atoms with Crippen molar-refractivity contribution in [1.82, 2.24) is 0 Å². The van der Waals surface area contributed by atoms with E-state index in [4.69, 9.17) is 4.74 Å². The Kier molecular flexibility index (Phi) is 2.80. The maximum atomic E-state index is 12.9. The lowest BCUT2D eigenvalue weighted by Gasteiger charge is -2.64. The second-order valence-electron chi connectivity index (χ2n) is 8.01. The number of ether oxygens (including phenoxy) is 1. The van der Waals surface area contributed by atoms with Crippen molar-refractivity contribution in [2.24, 2.45) is 16.7 Å². The molecule has 4 atom stereocenters. The van der Waals surface area contributed by atoms with Crippen molar-refractivity contribution in [1.29, 1.82) is 0 Å². The number of carbonyl (C=O) groups is 1. The van der Waals surface area contributed by atoms with E-state index in [0.717, 1.165) is 32.1 Å². The molecule has 0 aromatic carbocycles. The Hall–Kier alpha value is -0.710. The highest BCUT2D eigenvalue weighted by atomic mass is 19.3. The molecule has 0 aliphatic heterocycles. The SMILES string of the molecule is CC12CC3CC(O)(C1)CC(COC(=O)C(C)(F)F)(C3)C2. The van der Waals surface area contributed by atoms with E-state index < -0.39 is 17.5 Å². The van der Waals surface area contributed by atoms with E-state index in [-0.39, 0.29) is 17.4 Å². The zero-order chi connectivity index (χ0) is 14.8. The molecule has 0 aromatic heterocycles. The average molecular weight is 288 g/mol. The summed E-state index contributed by atoms with van der Waals surface area (Å²) in [6, 6.07) is 0. The fraction of sp³-hybridized carbons (Fsp3) is 0.933. The minimum atomic E-state index is -3.44. The largest absolute Gasteiger partial charge is 0.461 e. The summed E-state index contributed by atoms with van der Waals surface area (Å²) in [4.78, 5) is 11.3. The van der Waals surface area contributed by atoms with Crippen LogP contribution in [0, 0.1) is 16.7 Å². The molecule has 4 unspecified atom stereocenters. The van der Waals surface area contributed by atoms with Gasteiger partial charge in [-0.25, -0.2) is 4.79 Å².